The van der Waals surface area contributed by atoms with Gasteiger partial charge in [-0.05, 0) is 61.2 Å². The van der Waals surface area contributed by atoms with Crippen LogP contribution in [-0.2, 0) is 19.4 Å². The smallest absolute Gasteiger partial charge is 0.0836 e. The minimum absolute atomic E-state index is 0.610. The average Bonchev–Trinajstić information content (AvgIpc) is 2.86. The van der Waals surface area contributed by atoms with Gasteiger partial charge in [0.1, 0.15) is 0 Å². The van der Waals surface area contributed by atoms with E-state index < -0.39 is 0 Å². The summed E-state index contributed by atoms with van der Waals surface area (Å²) < 4.78 is 0. The van der Waals surface area contributed by atoms with Crippen LogP contribution in [0.4, 0.5) is 5.69 Å². The Morgan fingerprint density at radius 3 is 2.67 bits per heavy atom. The lowest BCUT2D eigenvalue weighted by atomic mass is 10.0. The molecule has 2 aromatic rings. The van der Waals surface area contributed by atoms with Crippen LogP contribution in [0.1, 0.15) is 29.2 Å². The number of fused-ring (bicyclic) bond motifs is 1. The van der Waals surface area contributed by atoms with Crippen molar-refractivity contribution in [2.24, 2.45) is 5.16 Å². The summed E-state index contributed by atoms with van der Waals surface area (Å²) in [5.74, 6) is 0. The molecule has 1 aliphatic heterocycles. The molecule has 4 nitrogen and oxygen atoms in total. The highest BCUT2D eigenvalue weighted by molar-refractivity contribution is 6.33. The van der Waals surface area contributed by atoms with Crippen LogP contribution in [-0.4, -0.2) is 24.0 Å². The molecule has 0 aliphatic carbocycles. The summed E-state index contributed by atoms with van der Waals surface area (Å²) in [5, 5.41) is 19.8. The maximum absolute atomic E-state index is 8.83. The number of hydrogen-bond acceptors (Lipinski definition) is 4. The Bertz CT molecular complexity index is 741. The molecule has 126 valence electrons. The molecule has 0 saturated carbocycles. The predicted molar refractivity (Wildman–Crippen MR) is 99.5 cm³/mol. The van der Waals surface area contributed by atoms with Crippen molar-refractivity contribution in [1.29, 1.82) is 0 Å². The third-order valence-corrected chi connectivity index (χ3v) is 4.79. The van der Waals surface area contributed by atoms with E-state index in [0.717, 1.165) is 47.8 Å². The number of oxime groups is 1. The Labute approximate surface area is 147 Å². The average molecular weight is 344 g/mol. The largest absolute Gasteiger partial charge is 0.411 e. The van der Waals surface area contributed by atoms with Crippen LogP contribution in [0.15, 0.2) is 41.6 Å². The first-order chi connectivity index (χ1) is 11.7. The lowest BCUT2D eigenvalue weighted by Gasteiger charge is -2.16. The van der Waals surface area contributed by atoms with Crippen molar-refractivity contribution in [2.45, 2.75) is 26.3 Å². The summed E-state index contributed by atoms with van der Waals surface area (Å²) in [4.78, 5) is 0. The highest BCUT2D eigenvalue weighted by Crippen LogP contribution is 2.31. The number of hydrogen-bond donors (Lipinski definition) is 3. The molecule has 24 heavy (non-hydrogen) atoms. The van der Waals surface area contributed by atoms with E-state index in [0.29, 0.717) is 12.3 Å². The van der Waals surface area contributed by atoms with Gasteiger partial charge in [0.25, 0.3) is 0 Å². The summed E-state index contributed by atoms with van der Waals surface area (Å²) in [5.41, 5.74) is 6.43. The maximum Gasteiger partial charge on any atom is 0.0836 e. The van der Waals surface area contributed by atoms with Gasteiger partial charge in [-0.2, -0.15) is 0 Å². The first-order valence-corrected chi connectivity index (χ1v) is 8.59. The van der Waals surface area contributed by atoms with Gasteiger partial charge in [0, 0.05) is 6.54 Å². The zero-order valence-corrected chi connectivity index (χ0v) is 14.5. The number of nitrogens with one attached hydrogen (secondary N) is 2. The molecule has 0 unspecified atom stereocenters. The molecule has 3 N–H and O–H groups in total. The molecular formula is C19H22ClN3O. The normalized spacial score (nSPS) is 14.8. The Hall–Kier alpha value is -2.04. The molecule has 0 aromatic heterocycles. The first-order valence-electron chi connectivity index (χ1n) is 8.22. The fraction of sp³-hybridized carbons (Fsp3) is 0.316. The minimum atomic E-state index is 0.610. The first kappa shape index (κ1) is 16.8. The van der Waals surface area contributed by atoms with E-state index in [1.54, 1.807) is 6.92 Å². The highest BCUT2D eigenvalue weighted by atomic mass is 35.5. The van der Waals surface area contributed by atoms with Crippen molar-refractivity contribution in [3.8, 4) is 0 Å². The van der Waals surface area contributed by atoms with Gasteiger partial charge in [-0.25, -0.2) is 0 Å². The number of halogens is 1. The van der Waals surface area contributed by atoms with Crippen LogP contribution in [0.5, 0.6) is 0 Å². The van der Waals surface area contributed by atoms with E-state index in [2.05, 4.69) is 21.9 Å². The number of rotatable bonds is 4. The van der Waals surface area contributed by atoms with Gasteiger partial charge in [-0.1, -0.05) is 47.1 Å². The zero-order valence-electron chi connectivity index (χ0n) is 13.8. The van der Waals surface area contributed by atoms with Gasteiger partial charge in [-0.3, -0.25) is 0 Å². The van der Waals surface area contributed by atoms with Gasteiger partial charge < -0.3 is 15.8 Å². The van der Waals surface area contributed by atoms with Gasteiger partial charge in [0.05, 0.1) is 16.4 Å². The lowest BCUT2D eigenvalue weighted by Crippen LogP contribution is -2.16. The molecule has 2 aromatic carbocycles. The molecule has 1 aliphatic rings. The Morgan fingerprint density at radius 2 is 1.92 bits per heavy atom. The van der Waals surface area contributed by atoms with E-state index in [1.165, 1.54) is 11.1 Å². The van der Waals surface area contributed by atoms with Crippen molar-refractivity contribution in [3.63, 3.8) is 0 Å². The minimum Gasteiger partial charge on any atom is -0.411 e. The van der Waals surface area contributed by atoms with E-state index in [1.807, 2.05) is 30.3 Å². The quantitative estimate of drug-likeness (QED) is 0.449. The van der Waals surface area contributed by atoms with Crippen LogP contribution < -0.4 is 10.6 Å². The molecule has 1 heterocycles. The lowest BCUT2D eigenvalue weighted by molar-refractivity contribution is 0.319. The van der Waals surface area contributed by atoms with E-state index in [9.17, 15) is 0 Å². The summed E-state index contributed by atoms with van der Waals surface area (Å²) in [6, 6.07) is 12.1. The molecule has 0 radical (unpaired) electrons. The van der Waals surface area contributed by atoms with Crippen molar-refractivity contribution in [2.75, 3.05) is 18.4 Å². The van der Waals surface area contributed by atoms with Gasteiger partial charge >= 0.3 is 0 Å². The highest BCUT2D eigenvalue weighted by Gasteiger charge is 2.14. The van der Waals surface area contributed by atoms with Crippen LogP contribution in [0.3, 0.4) is 0 Å². The molecule has 0 spiro atoms. The van der Waals surface area contributed by atoms with Crippen molar-refractivity contribution >= 4 is 23.0 Å². The maximum atomic E-state index is 8.83. The SMILES string of the molecule is CC(=NO)c1ccc(CNc2c(Cl)ccc3c2CCNCC3)cc1. The number of nitrogens with zero attached hydrogens (tertiary/aromatic N) is 1. The van der Waals surface area contributed by atoms with Crippen molar-refractivity contribution in [1.82, 2.24) is 5.32 Å². The second-order valence-electron chi connectivity index (χ2n) is 6.05. The van der Waals surface area contributed by atoms with Gasteiger partial charge in [0.2, 0.25) is 0 Å². The monoisotopic (exact) mass is 343 g/mol. The molecule has 5 heteroatoms. The molecule has 0 saturated heterocycles. The Kier molecular flexibility index (Phi) is 5.38. The van der Waals surface area contributed by atoms with Crippen LogP contribution in [0, 0.1) is 0 Å². The molecule has 0 amide bonds. The molecule has 3 rings (SSSR count). The Morgan fingerprint density at radius 1 is 1.17 bits per heavy atom. The molecule has 0 bridgehead atoms. The van der Waals surface area contributed by atoms with E-state index in [-0.39, 0.29) is 0 Å². The summed E-state index contributed by atoms with van der Waals surface area (Å²) in [6.45, 7) is 4.48. The standard InChI is InChI=1S/C19H22ClN3O/c1-13(23-24)15-4-2-14(3-5-15)12-22-19-17-9-11-21-10-8-16(17)6-7-18(19)20/h2-7,21-22,24H,8-12H2,1H3. The van der Waals surface area contributed by atoms with Gasteiger partial charge in [0.15, 0.2) is 0 Å². The van der Waals surface area contributed by atoms with Crippen LogP contribution in [0.25, 0.3) is 0 Å². The summed E-state index contributed by atoms with van der Waals surface area (Å²) in [6.07, 6.45) is 2.03. The fourth-order valence-corrected chi connectivity index (χ4v) is 3.29. The van der Waals surface area contributed by atoms with Crippen LogP contribution >= 0.6 is 11.6 Å². The Balaban J connectivity index is 1.77. The second-order valence-corrected chi connectivity index (χ2v) is 6.45. The predicted octanol–water partition coefficient (Wildman–Crippen LogP) is 3.84. The van der Waals surface area contributed by atoms with Crippen LogP contribution in [0.2, 0.25) is 5.02 Å². The van der Waals surface area contributed by atoms with Gasteiger partial charge in [-0.15, -0.1) is 0 Å². The summed E-state index contributed by atoms with van der Waals surface area (Å²) in [7, 11) is 0. The van der Waals surface area contributed by atoms with Crippen molar-refractivity contribution < 1.29 is 5.21 Å². The van der Waals surface area contributed by atoms with Crippen molar-refractivity contribution in [3.05, 3.63) is 63.7 Å². The summed E-state index contributed by atoms with van der Waals surface area (Å²) >= 11 is 6.44. The second kappa shape index (κ2) is 7.69. The number of benzene rings is 2. The zero-order chi connectivity index (χ0) is 16.9. The van der Waals surface area contributed by atoms with E-state index >= 15 is 0 Å². The fourth-order valence-electron chi connectivity index (χ4n) is 3.05. The molecule has 0 atom stereocenters. The topological polar surface area (TPSA) is 56.7 Å². The third kappa shape index (κ3) is 3.71. The molecule has 0 fully saturated rings. The third-order valence-electron chi connectivity index (χ3n) is 4.47. The van der Waals surface area contributed by atoms with E-state index in [4.69, 9.17) is 16.8 Å². The number of anilines is 1. The molecular weight excluding hydrogens is 322 g/mol.